The Kier molecular flexibility index (Phi) is 14.1. The van der Waals surface area contributed by atoms with Gasteiger partial charge >= 0.3 is 0 Å². The Balaban J connectivity index is 0.000000775. The van der Waals surface area contributed by atoms with Crippen molar-refractivity contribution >= 4 is 34.5 Å². The minimum Gasteiger partial charge on any atom is -0.492 e. The number of aryl methyl sites for hydroxylation is 1. The van der Waals surface area contributed by atoms with Gasteiger partial charge < -0.3 is 20.1 Å². The van der Waals surface area contributed by atoms with E-state index in [2.05, 4.69) is 44.5 Å². The van der Waals surface area contributed by atoms with Gasteiger partial charge in [0, 0.05) is 23.3 Å². The molecule has 3 heterocycles. The van der Waals surface area contributed by atoms with Crippen LogP contribution < -0.4 is 20.1 Å². The number of carbonyl (C=O) groups excluding carboxylic acids is 1. The summed E-state index contributed by atoms with van der Waals surface area (Å²) in [6.45, 7) is 15.0. The first kappa shape index (κ1) is 32.5. The molecule has 2 aromatic carbocycles. The quantitative estimate of drug-likeness (QED) is 0.145. The fourth-order valence-electron chi connectivity index (χ4n) is 3.48. The van der Waals surface area contributed by atoms with Crippen LogP contribution >= 0.6 is 0 Å². The summed E-state index contributed by atoms with van der Waals surface area (Å²) in [5.41, 5.74) is 3.32. The number of fused-ring (bicyclic) bond motifs is 2. The zero-order chi connectivity index (χ0) is 30.0. The van der Waals surface area contributed by atoms with Gasteiger partial charge in [-0.25, -0.2) is 19.5 Å². The van der Waals surface area contributed by atoms with Gasteiger partial charge in [-0.3, -0.25) is 4.79 Å². The van der Waals surface area contributed by atoms with E-state index in [1.807, 2.05) is 83.1 Å². The number of rotatable bonds is 9. The van der Waals surface area contributed by atoms with E-state index in [1.165, 1.54) is 19.1 Å². The lowest BCUT2D eigenvalue weighted by atomic mass is 10.2. The number of hydrogen-bond donors (Lipinski definition) is 2. The highest BCUT2D eigenvalue weighted by molar-refractivity contribution is 5.91. The summed E-state index contributed by atoms with van der Waals surface area (Å²) in [6.07, 6.45) is 6.72. The maximum Gasteiger partial charge on any atom is 0.207 e. The third-order valence-electron chi connectivity index (χ3n) is 5.12. The number of amides is 1. The molecule has 0 fully saturated rings. The highest BCUT2D eigenvalue weighted by Gasteiger charge is 2.09. The van der Waals surface area contributed by atoms with Crippen molar-refractivity contribution in [3.63, 3.8) is 0 Å². The molecule has 0 unspecified atom stereocenters. The number of hydrogen-bond acceptors (Lipinski definition) is 8. The van der Waals surface area contributed by atoms with Crippen molar-refractivity contribution in [2.75, 3.05) is 18.5 Å². The number of ether oxygens (including phenoxy) is 2. The molecule has 0 bridgehead atoms. The van der Waals surface area contributed by atoms with Crippen LogP contribution in [0.15, 0.2) is 67.4 Å². The minimum absolute atomic E-state index is 0.366. The van der Waals surface area contributed by atoms with Crippen LogP contribution in [0, 0.1) is 6.92 Å². The molecule has 1 amide bonds. The van der Waals surface area contributed by atoms with Crippen molar-refractivity contribution in [3.05, 3.63) is 72.9 Å². The smallest absolute Gasteiger partial charge is 0.207 e. The van der Waals surface area contributed by atoms with Crippen LogP contribution in [-0.4, -0.2) is 44.1 Å². The lowest BCUT2D eigenvalue weighted by Gasteiger charge is -2.13. The molecule has 0 atom stereocenters. The number of nitrogens with one attached hydrogen (secondary N) is 2. The Bertz CT molecular complexity index is 1490. The second kappa shape index (κ2) is 17.8. The molecule has 0 radical (unpaired) electrons. The molecule has 2 N–H and O–H groups in total. The number of anilines is 2. The summed E-state index contributed by atoms with van der Waals surface area (Å²) in [5.74, 6) is 2.75. The summed E-state index contributed by atoms with van der Waals surface area (Å²) >= 11 is 0. The lowest BCUT2D eigenvalue weighted by Crippen LogP contribution is -2.18. The number of pyridine rings is 1. The lowest BCUT2D eigenvalue weighted by molar-refractivity contribution is -0.109. The predicted molar refractivity (Wildman–Crippen MR) is 165 cm³/mol. The van der Waals surface area contributed by atoms with Crippen LogP contribution in [0.2, 0.25) is 0 Å². The third-order valence-corrected chi connectivity index (χ3v) is 5.12. The number of carbonyl (C=O) groups is 1. The Hall–Kier alpha value is -4.73. The summed E-state index contributed by atoms with van der Waals surface area (Å²) < 4.78 is 13.4. The first-order valence-corrected chi connectivity index (χ1v) is 14.0. The fourth-order valence-corrected chi connectivity index (χ4v) is 3.48. The van der Waals surface area contributed by atoms with E-state index >= 15 is 0 Å². The standard InChI is InChI=1S/C24H21N7O3.C3H8.2C2H6/c1-16-10-17(2-5-22(16)34-19-6-8-31-23(12-19)27-14-29-31)30-24-20-11-18(33-9-7-25-15-32)3-4-21(20)26-13-28-24;1-3-2;2*1-2/h2-6,8,10-15H,7,9H2,1H3,(H,25,32)(H,26,28,30);3H2,1-2H3;2*1-2H3. The maximum atomic E-state index is 10.4. The summed E-state index contributed by atoms with van der Waals surface area (Å²) in [6, 6.07) is 15.1. The number of benzene rings is 2. The van der Waals surface area contributed by atoms with Gasteiger partial charge in [-0.1, -0.05) is 48.0 Å². The minimum atomic E-state index is 0.366. The molecule has 41 heavy (non-hydrogen) atoms. The van der Waals surface area contributed by atoms with Gasteiger partial charge in [0.15, 0.2) is 5.65 Å². The van der Waals surface area contributed by atoms with Crippen LogP contribution in [0.3, 0.4) is 0 Å². The average molecular weight is 560 g/mol. The molecule has 0 aliphatic heterocycles. The topological polar surface area (TPSA) is 116 Å². The average Bonchev–Trinajstić information content (AvgIpc) is 3.48. The molecule has 3 aromatic heterocycles. The van der Waals surface area contributed by atoms with Gasteiger partial charge in [-0.15, -0.1) is 0 Å². The van der Waals surface area contributed by atoms with Gasteiger partial charge in [0.25, 0.3) is 0 Å². The summed E-state index contributed by atoms with van der Waals surface area (Å²) in [5, 5.41) is 10.8. The zero-order valence-electron chi connectivity index (χ0n) is 25.0. The van der Waals surface area contributed by atoms with Gasteiger partial charge in [-0.05, 0) is 55.0 Å². The molecule has 0 saturated heterocycles. The third kappa shape index (κ3) is 9.45. The van der Waals surface area contributed by atoms with Crippen LogP contribution in [0.5, 0.6) is 17.2 Å². The second-order valence-corrected chi connectivity index (χ2v) is 8.16. The molecule has 5 aromatic rings. The summed E-state index contributed by atoms with van der Waals surface area (Å²) in [7, 11) is 0. The maximum absolute atomic E-state index is 10.4. The first-order valence-electron chi connectivity index (χ1n) is 14.0. The van der Waals surface area contributed by atoms with Crippen LogP contribution in [0.25, 0.3) is 16.6 Å². The van der Waals surface area contributed by atoms with Crippen molar-refractivity contribution in [2.45, 2.75) is 54.9 Å². The fraction of sp³-hybridized carbons (Fsp3) is 0.323. The van der Waals surface area contributed by atoms with Crippen molar-refractivity contribution in [1.29, 1.82) is 0 Å². The van der Waals surface area contributed by atoms with Gasteiger partial charge in [0.1, 0.15) is 42.3 Å². The Morgan fingerprint density at radius 2 is 1.68 bits per heavy atom. The molecular weight excluding hydrogens is 518 g/mol. The summed E-state index contributed by atoms with van der Waals surface area (Å²) in [4.78, 5) is 23.3. The number of nitrogens with zero attached hydrogens (tertiary/aromatic N) is 5. The normalized spacial score (nSPS) is 9.73. The Morgan fingerprint density at radius 1 is 0.902 bits per heavy atom. The largest absolute Gasteiger partial charge is 0.492 e. The first-order chi connectivity index (χ1) is 20.1. The molecule has 0 spiro atoms. The molecule has 0 aliphatic rings. The molecule has 218 valence electrons. The van der Waals surface area contributed by atoms with E-state index in [0.29, 0.717) is 42.5 Å². The molecular formula is C31H41N7O3. The van der Waals surface area contributed by atoms with Gasteiger partial charge in [0.05, 0.1) is 12.1 Å². The van der Waals surface area contributed by atoms with Crippen LogP contribution in [0.4, 0.5) is 11.5 Å². The van der Waals surface area contributed by atoms with Crippen molar-refractivity contribution < 1.29 is 14.3 Å². The highest BCUT2D eigenvalue weighted by Crippen LogP contribution is 2.31. The van der Waals surface area contributed by atoms with E-state index in [1.54, 1.807) is 10.7 Å². The van der Waals surface area contributed by atoms with Crippen molar-refractivity contribution in [3.8, 4) is 17.2 Å². The van der Waals surface area contributed by atoms with Crippen molar-refractivity contribution in [1.82, 2.24) is 29.9 Å². The van der Waals surface area contributed by atoms with Gasteiger partial charge in [0.2, 0.25) is 6.41 Å². The molecule has 0 saturated carbocycles. The van der Waals surface area contributed by atoms with E-state index in [0.717, 1.165) is 27.9 Å². The van der Waals surface area contributed by atoms with Gasteiger partial charge in [-0.2, -0.15) is 5.10 Å². The highest BCUT2D eigenvalue weighted by atomic mass is 16.5. The van der Waals surface area contributed by atoms with E-state index in [4.69, 9.17) is 9.47 Å². The Morgan fingerprint density at radius 3 is 2.41 bits per heavy atom. The zero-order valence-corrected chi connectivity index (χ0v) is 25.0. The molecule has 10 nitrogen and oxygen atoms in total. The number of aromatic nitrogens is 5. The van der Waals surface area contributed by atoms with Crippen LogP contribution in [0.1, 0.15) is 53.5 Å². The predicted octanol–water partition coefficient (Wildman–Crippen LogP) is 7.11. The SMILES string of the molecule is CC.CC.CCC.Cc1cc(Nc2ncnc3ccc(OCCNC=O)cc23)ccc1Oc1ccn2ncnc2c1. The van der Waals surface area contributed by atoms with E-state index in [-0.39, 0.29) is 0 Å². The molecule has 0 aliphatic carbocycles. The van der Waals surface area contributed by atoms with E-state index in [9.17, 15) is 4.79 Å². The second-order valence-electron chi connectivity index (χ2n) is 8.16. The monoisotopic (exact) mass is 559 g/mol. The van der Waals surface area contributed by atoms with Crippen LogP contribution in [-0.2, 0) is 4.79 Å². The molecule has 5 rings (SSSR count). The Labute approximate surface area is 242 Å². The van der Waals surface area contributed by atoms with E-state index < -0.39 is 0 Å². The molecule has 10 heteroatoms. The van der Waals surface area contributed by atoms with Crippen molar-refractivity contribution in [2.24, 2.45) is 0 Å².